The van der Waals surface area contributed by atoms with E-state index in [2.05, 4.69) is 0 Å². The number of benzene rings is 1. The highest BCUT2D eigenvalue weighted by Crippen LogP contribution is 2.23. The summed E-state index contributed by atoms with van der Waals surface area (Å²) in [6, 6.07) is 7.20. The molecule has 0 saturated carbocycles. The summed E-state index contributed by atoms with van der Waals surface area (Å²) in [5, 5.41) is 0.581. The Morgan fingerprint density at radius 3 is 2.73 bits per heavy atom. The molecule has 1 unspecified atom stereocenters. The molecule has 2 N–H and O–H groups in total. The summed E-state index contributed by atoms with van der Waals surface area (Å²) in [4.78, 5) is 11.3. The molecule has 22 heavy (non-hydrogen) atoms. The number of rotatable bonds is 2. The average molecular weight is 345 g/mol. The van der Waals surface area contributed by atoms with Crippen molar-refractivity contribution in [3.8, 4) is 0 Å². The van der Waals surface area contributed by atoms with Crippen molar-refractivity contribution in [2.24, 2.45) is 5.73 Å². The lowest BCUT2D eigenvalue weighted by Crippen LogP contribution is -2.45. The van der Waals surface area contributed by atoms with Crippen LogP contribution in [0.1, 0.15) is 12.8 Å². The van der Waals surface area contributed by atoms with Crippen molar-refractivity contribution in [1.29, 1.82) is 0 Å². The monoisotopic (exact) mass is 344 g/mol. The number of nitrogens with two attached hydrogens (primary N) is 1. The fraction of sp³-hybridized carbons (Fsp3) is 0.357. The Morgan fingerprint density at radius 1 is 1.23 bits per heavy atom. The van der Waals surface area contributed by atoms with Crippen LogP contribution in [0.25, 0.3) is 11.0 Å². The van der Waals surface area contributed by atoms with Crippen molar-refractivity contribution in [3.05, 3.63) is 40.8 Å². The van der Waals surface area contributed by atoms with Gasteiger partial charge in [-0.3, -0.25) is 0 Å². The van der Waals surface area contributed by atoms with Gasteiger partial charge in [0.15, 0.2) is 0 Å². The summed E-state index contributed by atoms with van der Waals surface area (Å²) in [6.07, 6.45) is 1.61. The number of sulfonamides is 1. The Hall–Kier alpha value is -1.41. The van der Waals surface area contributed by atoms with E-state index < -0.39 is 15.6 Å². The molecule has 1 saturated heterocycles. The average Bonchev–Trinajstić information content (AvgIpc) is 2.46. The molecule has 0 amide bonds. The first-order valence-corrected chi connectivity index (χ1v) is 8.20. The van der Waals surface area contributed by atoms with E-state index in [-0.39, 0.29) is 23.3 Å². The van der Waals surface area contributed by atoms with Gasteiger partial charge in [0.25, 0.3) is 0 Å². The molecule has 1 aromatic carbocycles. The summed E-state index contributed by atoms with van der Waals surface area (Å²) in [5.41, 5.74) is 5.77. The maximum atomic E-state index is 12.6. The van der Waals surface area contributed by atoms with Crippen LogP contribution in [0, 0.1) is 0 Å². The Balaban J connectivity index is 0.00000176. The van der Waals surface area contributed by atoms with Crippen LogP contribution in [0.2, 0.25) is 0 Å². The number of nitrogens with zero attached hydrogens (tertiary/aromatic N) is 1. The third-order valence-electron chi connectivity index (χ3n) is 3.65. The van der Waals surface area contributed by atoms with Crippen LogP contribution in [0.4, 0.5) is 0 Å². The zero-order chi connectivity index (χ0) is 15.0. The molecule has 1 aliphatic rings. The van der Waals surface area contributed by atoms with E-state index in [1.807, 2.05) is 0 Å². The molecule has 3 rings (SSSR count). The molecule has 1 aromatic heterocycles. The second-order valence-corrected chi connectivity index (χ2v) is 7.16. The van der Waals surface area contributed by atoms with Crippen molar-refractivity contribution in [1.82, 2.24) is 4.31 Å². The van der Waals surface area contributed by atoms with E-state index in [1.165, 1.54) is 28.6 Å². The molecule has 120 valence electrons. The van der Waals surface area contributed by atoms with Crippen molar-refractivity contribution < 1.29 is 12.8 Å². The van der Waals surface area contributed by atoms with Gasteiger partial charge in [0, 0.05) is 30.6 Å². The van der Waals surface area contributed by atoms with Gasteiger partial charge in [-0.2, -0.15) is 4.31 Å². The van der Waals surface area contributed by atoms with E-state index in [0.717, 1.165) is 12.8 Å². The molecule has 0 spiro atoms. The van der Waals surface area contributed by atoms with Gasteiger partial charge in [0.1, 0.15) is 5.58 Å². The first kappa shape index (κ1) is 17.0. The van der Waals surface area contributed by atoms with Crippen LogP contribution in [0.3, 0.4) is 0 Å². The van der Waals surface area contributed by atoms with Crippen LogP contribution in [-0.2, 0) is 10.0 Å². The number of hydrogen-bond donors (Lipinski definition) is 1. The van der Waals surface area contributed by atoms with Crippen molar-refractivity contribution >= 4 is 33.4 Å². The van der Waals surface area contributed by atoms with E-state index in [9.17, 15) is 13.2 Å². The maximum absolute atomic E-state index is 12.6. The first-order chi connectivity index (χ1) is 9.96. The molecule has 0 bridgehead atoms. The van der Waals surface area contributed by atoms with Gasteiger partial charge in [-0.05, 0) is 37.1 Å². The lowest BCUT2D eigenvalue weighted by atomic mass is 10.1. The fourth-order valence-electron chi connectivity index (χ4n) is 2.55. The van der Waals surface area contributed by atoms with Gasteiger partial charge >= 0.3 is 5.63 Å². The van der Waals surface area contributed by atoms with E-state index in [0.29, 0.717) is 24.1 Å². The molecular formula is C14H17ClN2O4S. The lowest BCUT2D eigenvalue weighted by Gasteiger charge is -2.29. The molecule has 8 heteroatoms. The van der Waals surface area contributed by atoms with E-state index >= 15 is 0 Å². The third-order valence-corrected chi connectivity index (χ3v) is 5.51. The summed E-state index contributed by atoms with van der Waals surface area (Å²) in [5.74, 6) is 0. The van der Waals surface area contributed by atoms with Crippen LogP contribution >= 0.6 is 12.4 Å². The standard InChI is InChI=1S/C14H16N2O4S.ClH/c15-11-2-1-7-16(9-11)21(18,19)12-4-5-13-10(8-12)3-6-14(17)20-13;/h3-6,8,11H,1-2,7,9,15H2;1H. The quantitative estimate of drug-likeness (QED) is 0.829. The van der Waals surface area contributed by atoms with Gasteiger partial charge in [-0.25, -0.2) is 13.2 Å². The second kappa shape index (κ2) is 6.37. The zero-order valence-electron chi connectivity index (χ0n) is 11.8. The number of halogens is 1. The highest BCUT2D eigenvalue weighted by atomic mass is 35.5. The Bertz CT molecular complexity index is 834. The Morgan fingerprint density at radius 2 is 2.00 bits per heavy atom. The van der Waals surface area contributed by atoms with Gasteiger partial charge in [-0.15, -0.1) is 12.4 Å². The first-order valence-electron chi connectivity index (χ1n) is 6.76. The highest BCUT2D eigenvalue weighted by molar-refractivity contribution is 7.89. The highest BCUT2D eigenvalue weighted by Gasteiger charge is 2.29. The Kier molecular flexibility index (Phi) is 4.91. The molecule has 1 aliphatic heterocycles. The summed E-state index contributed by atoms with van der Waals surface area (Å²) < 4.78 is 31.7. The zero-order valence-corrected chi connectivity index (χ0v) is 13.4. The normalized spacial score (nSPS) is 19.8. The molecule has 2 heterocycles. The van der Waals surface area contributed by atoms with Crippen LogP contribution < -0.4 is 11.4 Å². The molecule has 2 aromatic rings. The minimum absolute atomic E-state index is 0. The lowest BCUT2D eigenvalue weighted by molar-refractivity contribution is 0.316. The van der Waals surface area contributed by atoms with Gasteiger partial charge in [0.05, 0.1) is 4.90 Å². The molecule has 1 atom stereocenters. The molecule has 6 nitrogen and oxygen atoms in total. The van der Waals surface area contributed by atoms with Gasteiger partial charge in [-0.1, -0.05) is 0 Å². The van der Waals surface area contributed by atoms with E-state index in [1.54, 1.807) is 6.07 Å². The Labute approximate surface area is 134 Å². The van der Waals surface area contributed by atoms with Crippen LogP contribution in [0.5, 0.6) is 0 Å². The third kappa shape index (κ3) is 3.17. The predicted molar refractivity (Wildman–Crippen MR) is 85.7 cm³/mol. The van der Waals surface area contributed by atoms with Gasteiger partial charge < -0.3 is 10.2 Å². The molecular weight excluding hydrogens is 328 g/mol. The minimum atomic E-state index is -3.56. The second-order valence-electron chi connectivity index (χ2n) is 5.22. The van der Waals surface area contributed by atoms with Crippen molar-refractivity contribution in [3.63, 3.8) is 0 Å². The smallest absolute Gasteiger partial charge is 0.336 e. The fourth-order valence-corrected chi connectivity index (χ4v) is 4.12. The molecule has 0 radical (unpaired) electrons. The molecule has 1 fully saturated rings. The van der Waals surface area contributed by atoms with Crippen LogP contribution in [-0.4, -0.2) is 31.9 Å². The number of fused-ring (bicyclic) bond motifs is 1. The summed E-state index contributed by atoms with van der Waals surface area (Å²) in [7, 11) is -3.56. The predicted octanol–water partition coefficient (Wildman–Crippen LogP) is 1.33. The van der Waals surface area contributed by atoms with Gasteiger partial charge in [0.2, 0.25) is 10.0 Å². The topological polar surface area (TPSA) is 93.6 Å². The maximum Gasteiger partial charge on any atom is 0.336 e. The summed E-state index contributed by atoms with van der Waals surface area (Å²) in [6.45, 7) is 0.822. The van der Waals surface area contributed by atoms with E-state index in [4.69, 9.17) is 10.2 Å². The largest absolute Gasteiger partial charge is 0.423 e. The van der Waals surface area contributed by atoms with Crippen molar-refractivity contribution in [2.45, 2.75) is 23.8 Å². The molecule has 0 aliphatic carbocycles. The number of hydrogen-bond acceptors (Lipinski definition) is 5. The summed E-state index contributed by atoms with van der Waals surface area (Å²) >= 11 is 0. The minimum Gasteiger partial charge on any atom is -0.423 e. The van der Waals surface area contributed by atoms with Crippen LogP contribution in [0.15, 0.2) is 44.4 Å². The SMILES string of the molecule is Cl.NC1CCCN(S(=O)(=O)c2ccc3oc(=O)ccc3c2)C1. The number of piperidine rings is 1. The van der Waals surface area contributed by atoms with Crippen molar-refractivity contribution in [2.75, 3.05) is 13.1 Å².